The summed E-state index contributed by atoms with van der Waals surface area (Å²) < 4.78 is 19.9. The number of hydrogen-bond acceptors (Lipinski definition) is 6. The van der Waals surface area contributed by atoms with Crippen LogP contribution in [0, 0.1) is 0 Å². The number of hydrogen-bond donors (Lipinski definition) is 3. The number of ether oxygens (including phenoxy) is 1. The van der Waals surface area contributed by atoms with Crippen molar-refractivity contribution in [3.05, 3.63) is 0 Å². The van der Waals surface area contributed by atoms with Crippen LogP contribution in [0.1, 0.15) is 83.1 Å². The van der Waals surface area contributed by atoms with Crippen molar-refractivity contribution in [2.75, 3.05) is 6.61 Å². The number of aliphatic hydroxyl groups excluding tert-OH is 3. The third kappa shape index (κ3) is 5.53. The van der Waals surface area contributed by atoms with Crippen LogP contribution in [-0.2, 0) is 13.6 Å². The molecular formula is C24H52O6Si2. The zero-order valence-corrected chi connectivity index (χ0v) is 24.6. The molecule has 1 saturated heterocycles. The van der Waals surface area contributed by atoms with E-state index in [1.54, 1.807) is 0 Å². The van der Waals surface area contributed by atoms with E-state index in [2.05, 4.69) is 83.1 Å². The molecule has 0 aromatic heterocycles. The Labute approximate surface area is 199 Å². The first-order chi connectivity index (χ1) is 14.6. The van der Waals surface area contributed by atoms with E-state index < -0.39 is 53.9 Å². The third-order valence-corrected chi connectivity index (χ3v) is 20.1. The Morgan fingerprint density at radius 1 is 0.656 bits per heavy atom. The van der Waals surface area contributed by atoms with E-state index in [9.17, 15) is 15.3 Å². The van der Waals surface area contributed by atoms with Gasteiger partial charge in [0.1, 0.15) is 24.4 Å². The molecule has 0 aliphatic carbocycles. The second-order valence-electron chi connectivity index (χ2n) is 11.5. The largest absolute Gasteiger partial charge is 0.408 e. The monoisotopic (exact) mass is 492 g/mol. The van der Waals surface area contributed by atoms with Gasteiger partial charge >= 0.3 is 0 Å². The van der Waals surface area contributed by atoms with E-state index in [0.29, 0.717) is 33.2 Å². The van der Waals surface area contributed by atoms with Crippen LogP contribution < -0.4 is 0 Å². The molecule has 0 spiro atoms. The second-order valence-corrected chi connectivity index (χ2v) is 22.4. The van der Waals surface area contributed by atoms with Crippen LogP contribution >= 0.6 is 0 Å². The molecule has 3 N–H and O–H groups in total. The Balaban J connectivity index is 3.58. The Morgan fingerprint density at radius 3 is 1.25 bits per heavy atom. The maximum absolute atomic E-state index is 11.0. The highest BCUT2D eigenvalue weighted by atomic mass is 28.4. The van der Waals surface area contributed by atoms with Crippen molar-refractivity contribution in [1.82, 2.24) is 0 Å². The SMILES string of the molecule is CC(C)[Si](OC1C(O[Si](C(C)C)(C(C)C)C(C)C)[C@H]([C@H](O)CO)O[C@H]1O)(C(C)C)C(C)C. The Kier molecular flexibility index (Phi) is 11.1. The van der Waals surface area contributed by atoms with Gasteiger partial charge in [-0.15, -0.1) is 0 Å². The van der Waals surface area contributed by atoms with Crippen LogP contribution in [-0.4, -0.2) is 69.3 Å². The van der Waals surface area contributed by atoms with Gasteiger partial charge in [-0.3, -0.25) is 0 Å². The van der Waals surface area contributed by atoms with E-state index in [-0.39, 0.29) is 0 Å². The first kappa shape index (κ1) is 30.2. The van der Waals surface area contributed by atoms with Gasteiger partial charge in [0.05, 0.1) is 6.61 Å². The van der Waals surface area contributed by atoms with Crippen LogP contribution in [0.2, 0.25) is 33.2 Å². The lowest BCUT2D eigenvalue weighted by atomic mass is 10.1. The predicted molar refractivity (Wildman–Crippen MR) is 136 cm³/mol. The summed E-state index contributed by atoms with van der Waals surface area (Å²) in [6.45, 7) is 26.1. The summed E-state index contributed by atoms with van der Waals surface area (Å²) in [5.74, 6) is 0. The van der Waals surface area contributed by atoms with Crippen LogP contribution in [0.3, 0.4) is 0 Å². The van der Waals surface area contributed by atoms with Crippen LogP contribution in [0.4, 0.5) is 0 Å². The fraction of sp³-hybridized carbons (Fsp3) is 1.00. The summed E-state index contributed by atoms with van der Waals surface area (Å²) in [5, 5.41) is 31.3. The molecule has 32 heavy (non-hydrogen) atoms. The third-order valence-electron chi connectivity index (χ3n) is 7.89. The van der Waals surface area contributed by atoms with Gasteiger partial charge in [-0.25, -0.2) is 0 Å². The maximum atomic E-state index is 11.0. The van der Waals surface area contributed by atoms with Crippen molar-refractivity contribution in [3.63, 3.8) is 0 Å². The molecule has 1 aliphatic rings. The lowest BCUT2D eigenvalue weighted by molar-refractivity contribution is -0.148. The topological polar surface area (TPSA) is 88.4 Å². The van der Waals surface area contributed by atoms with E-state index in [1.807, 2.05) is 0 Å². The van der Waals surface area contributed by atoms with Crippen molar-refractivity contribution in [2.45, 2.75) is 147 Å². The minimum atomic E-state index is -2.37. The average molecular weight is 493 g/mol. The quantitative estimate of drug-likeness (QED) is 0.325. The zero-order chi connectivity index (χ0) is 25.2. The van der Waals surface area contributed by atoms with Gasteiger partial charge in [0, 0.05) is 0 Å². The Morgan fingerprint density at radius 2 is 0.969 bits per heavy atom. The summed E-state index contributed by atoms with van der Waals surface area (Å²) in [6.07, 6.45) is -4.50. The van der Waals surface area contributed by atoms with Gasteiger partial charge in [0.2, 0.25) is 16.6 Å². The first-order valence-electron chi connectivity index (χ1n) is 12.6. The molecule has 192 valence electrons. The Hall–Kier alpha value is 0.194. The number of rotatable bonds is 12. The average Bonchev–Trinajstić information content (AvgIpc) is 2.96. The zero-order valence-electron chi connectivity index (χ0n) is 22.6. The Bertz CT molecular complexity index is 523. The van der Waals surface area contributed by atoms with E-state index in [4.69, 9.17) is 13.6 Å². The molecule has 0 aromatic carbocycles. The predicted octanol–water partition coefficient (Wildman–Crippen LogP) is 5.18. The molecule has 2 unspecified atom stereocenters. The van der Waals surface area contributed by atoms with Gasteiger partial charge in [-0.05, 0) is 33.2 Å². The molecule has 5 atom stereocenters. The van der Waals surface area contributed by atoms with Crippen molar-refractivity contribution in [1.29, 1.82) is 0 Å². The van der Waals surface area contributed by atoms with Crippen molar-refractivity contribution >= 4 is 16.6 Å². The highest BCUT2D eigenvalue weighted by Gasteiger charge is 2.58. The summed E-state index contributed by atoms with van der Waals surface area (Å²) in [6, 6.07) is 0. The lowest BCUT2D eigenvalue weighted by Gasteiger charge is -2.48. The maximum Gasteiger partial charge on any atom is 0.201 e. The van der Waals surface area contributed by atoms with Crippen molar-refractivity contribution in [3.8, 4) is 0 Å². The van der Waals surface area contributed by atoms with Gasteiger partial charge in [-0.2, -0.15) is 0 Å². The summed E-state index contributed by atoms with van der Waals surface area (Å²) in [4.78, 5) is 0. The summed E-state index contributed by atoms with van der Waals surface area (Å²) >= 11 is 0. The molecular weight excluding hydrogens is 440 g/mol. The van der Waals surface area contributed by atoms with Crippen molar-refractivity contribution < 1.29 is 28.9 Å². The van der Waals surface area contributed by atoms with Crippen LogP contribution in [0.15, 0.2) is 0 Å². The summed E-state index contributed by atoms with van der Waals surface area (Å²) in [7, 11) is -4.73. The van der Waals surface area contributed by atoms with Crippen LogP contribution in [0.5, 0.6) is 0 Å². The molecule has 1 aliphatic heterocycles. The molecule has 0 radical (unpaired) electrons. The van der Waals surface area contributed by atoms with Gasteiger partial charge in [0.15, 0.2) is 6.29 Å². The molecule has 0 aromatic rings. The second kappa shape index (κ2) is 11.8. The fourth-order valence-corrected chi connectivity index (χ4v) is 17.7. The molecule has 6 nitrogen and oxygen atoms in total. The van der Waals surface area contributed by atoms with Gasteiger partial charge < -0.3 is 28.9 Å². The summed E-state index contributed by atoms with van der Waals surface area (Å²) in [5.41, 5.74) is 1.98. The first-order valence-corrected chi connectivity index (χ1v) is 16.9. The normalized spacial score (nSPS) is 26.5. The van der Waals surface area contributed by atoms with Gasteiger partial charge in [-0.1, -0.05) is 83.1 Å². The molecule has 1 rings (SSSR count). The molecule has 8 heteroatoms. The fourth-order valence-electron chi connectivity index (χ4n) is 6.63. The van der Waals surface area contributed by atoms with E-state index >= 15 is 0 Å². The van der Waals surface area contributed by atoms with Gasteiger partial charge in [0.25, 0.3) is 0 Å². The standard InChI is InChI=1S/C24H52O6Si2/c1-14(2)31(15(3)4,16(5)6)29-22-21(20(26)13-25)28-24(27)23(22)30-32(17(7)8,18(9)10)19(11)12/h14-27H,13H2,1-12H3/t20-,21+,22?,23?,24-/m1/s1. The number of aliphatic hydroxyl groups is 3. The highest BCUT2D eigenvalue weighted by molar-refractivity contribution is 6.78. The smallest absolute Gasteiger partial charge is 0.201 e. The molecule has 0 amide bonds. The molecule has 1 heterocycles. The lowest BCUT2D eigenvalue weighted by Crippen LogP contribution is -2.59. The molecule has 0 saturated carbocycles. The van der Waals surface area contributed by atoms with E-state index in [1.165, 1.54) is 0 Å². The molecule has 1 fully saturated rings. The minimum Gasteiger partial charge on any atom is -0.408 e. The van der Waals surface area contributed by atoms with Crippen LogP contribution in [0.25, 0.3) is 0 Å². The molecule has 0 bridgehead atoms. The minimum absolute atomic E-state index is 0.329. The highest BCUT2D eigenvalue weighted by Crippen LogP contribution is 2.48. The van der Waals surface area contributed by atoms with Crippen molar-refractivity contribution in [2.24, 2.45) is 0 Å². The van der Waals surface area contributed by atoms with E-state index in [0.717, 1.165) is 0 Å².